The molecule has 0 spiro atoms. The minimum absolute atomic E-state index is 0.172. The summed E-state index contributed by atoms with van der Waals surface area (Å²) in [5.41, 5.74) is 5.96. The Balaban J connectivity index is 1.63. The lowest BCUT2D eigenvalue weighted by Gasteiger charge is -2.09. The van der Waals surface area contributed by atoms with E-state index in [9.17, 15) is 9.18 Å². The van der Waals surface area contributed by atoms with Gasteiger partial charge >= 0.3 is 0 Å². The van der Waals surface area contributed by atoms with Gasteiger partial charge in [-0.05, 0) is 54.7 Å². The summed E-state index contributed by atoms with van der Waals surface area (Å²) in [6.45, 7) is 0. The van der Waals surface area contributed by atoms with Crippen LogP contribution in [-0.4, -0.2) is 15.9 Å². The Kier molecular flexibility index (Phi) is 3.82. The largest absolute Gasteiger partial charge is 0.312 e. The summed E-state index contributed by atoms with van der Waals surface area (Å²) < 4.78 is 13.1. The number of rotatable bonds is 3. The quantitative estimate of drug-likeness (QED) is 0.782. The van der Waals surface area contributed by atoms with Crippen LogP contribution in [0.15, 0.2) is 42.2 Å². The third kappa shape index (κ3) is 2.69. The summed E-state index contributed by atoms with van der Waals surface area (Å²) in [6, 6.07) is 6.08. The predicted molar refractivity (Wildman–Crippen MR) is 91.7 cm³/mol. The van der Waals surface area contributed by atoms with Gasteiger partial charge in [0.05, 0.1) is 11.1 Å². The van der Waals surface area contributed by atoms with Crippen LogP contribution in [0.1, 0.15) is 27.9 Å². The van der Waals surface area contributed by atoms with Gasteiger partial charge < -0.3 is 5.32 Å². The number of benzene rings is 1. The number of nitrogens with one attached hydrogen (secondary N) is 1. The summed E-state index contributed by atoms with van der Waals surface area (Å²) >= 11 is 1.35. The van der Waals surface area contributed by atoms with Gasteiger partial charge in [0.1, 0.15) is 16.5 Å². The first-order chi connectivity index (χ1) is 11.7. The van der Waals surface area contributed by atoms with Crippen molar-refractivity contribution in [1.29, 1.82) is 0 Å². The van der Waals surface area contributed by atoms with Crippen molar-refractivity contribution in [1.82, 2.24) is 9.97 Å². The number of hydrogen-bond acceptors (Lipinski definition) is 4. The molecule has 0 saturated carbocycles. The molecule has 0 fully saturated rings. The van der Waals surface area contributed by atoms with Gasteiger partial charge in [0, 0.05) is 18.0 Å². The average molecular weight is 339 g/mol. The van der Waals surface area contributed by atoms with E-state index in [-0.39, 0.29) is 11.7 Å². The second kappa shape index (κ2) is 6.13. The van der Waals surface area contributed by atoms with Crippen LogP contribution in [-0.2, 0) is 12.8 Å². The third-order valence-electron chi connectivity index (χ3n) is 4.18. The molecular weight excluding hydrogens is 325 g/mol. The molecule has 1 aliphatic rings. The molecule has 1 aliphatic carbocycles. The number of fused-ring (bicyclic) bond motifs is 1. The van der Waals surface area contributed by atoms with Gasteiger partial charge in [-0.15, -0.1) is 11.3 Å². The molecule has 1 amide bonds. The van der Waals surface area contributed by atoms with Crippen molar-refractivity contribution in [2.24, 2.45) is 0 Å². The minimum Gasteiger partial charge on any atom is -0.312 e. The van der Waals surface area contributed by atoms with Crippen LogP contribution in [0.4, 0.5) is 9.39 Å². The van der Waals surface area contributed by atoms with Gasteiger partial charge in [-0.1, -0.05) is 0 Å². The standard InChI is InChI=1S/C18H14FN3OS/c19-13-6-4-11(5-7-13)16-18(24-10-21-16)22-17(23)15-9-20-8-12-2-1-3-14(12)15/h4-10H,1-3H2,(H,22,23). The number of amides is 1. The SMILES string of the molecule is O=C(Nc1scnc1-c1ccc(F)cc1)c1cncc2c1CCC2. The van der Waals surface area contributed by atoms with Gasteiger partial charge in [-0.2, -0.15) is 0 Å². The highest BCUT2D eigenvalue weighted by Gasteiger charge is 2.21. The molecule has 1 N–H and O–H groups in total. The monoisotopic (exact) mass is 339 g/mol. The number of carbonyl (C=O) groups is 1. The number of thiazole rings is 1. The van der Waals surface area contributed by atoms with E-state index in [1.807, 2.05) is 6.20 Å². The number of anilines is 1. The van der Waals surface area contributed by atoms with Gasteiger partial charge in [-0.25, -0.2) is 9.37 Å². The fourth-order valence-electron chi connectivity index (χ4n) is 3.01. The highest BCUT2D eigenvalue weighted by atomic mass is 32.1. The van der Waals surface area contributed by atoms with Crippen LogP contribution in [0.25, 0.3) is 11.3 Å². The van der Waals surface area contributed by atoms with Crippen LogP contribution >= 0.6 is 11.3 Å². The molecule has 0 unspecified atom stereocenters. The van der Waals surface area contributed by atoms with Crippen molar-refractivity contribution < 1.29 is 9.18 Å². The van der Waals surface area contributed by atoms with E-state index >= 15 is 0 Å². The first-order valence-electron chi connectivity index (χ1n) is 7.69. The normalized spacial score (nSPS) is 12.9. The Morgan fingerprint density at radius 3 is 2.83 bits per heavy atom. The summed E-state index contributed by atoms with van der Waals surface area (Å²) in [4.78, 5) is 21.2. The Morgan fingerprint density at radius 2 is 2.00 bits per heavy atom. The van der Waals surface area contributed by atoms with E-state index in [0.29, 0.717) is 16.3 Å². The Morgan fingerprint density at radius 1 is 1.17 bits per heavy atom. The maximum Gasteiger partial charge on any atom is 0.258 e. The smallest absolute Gasteiger partial charge is 0.258 e. The fraction of sp³-hybridized carbons (Fsp3) is 0.167. The molecule has 6 heteroatoms. The Hall–Kier alpha value is -2.60. The van der Waals surface area contributed by atoms with E-state index in [1.165, 1.54) is 23.5 Å². The van der Waals surface area contributed by atoms with Crippen molar-refractivity contribution in [2.45, 2.75) is 19.3 Å². The van der Waals surface area contributed by atoms with E-state index in [0.717, 1.165) is 36.0 Å². The molecule has 4 nitrogen and oxygen atoms in total. The number of hydrogen-bond donors (Lipinski definition) is 1. The Labute approximate surface area is 142 Å². The molecule has 0 aliphatic heterocycles. The molecule has 0 radical (unpaired) electrons. The van der Waals surface area contributed by atoms with E-state index in [2.05, 4.69) is 15.3 Å². The maximum absolute atomic E-state index is 13.1. The molecular formula is C18H14FN3OS. The summed E-state index contributed by atoms with van der Waals surface area (Å²) in [5, 5.41) is 3.59. The molecule has 2 heterocycles. The summed E-state index contributed by atoms with van der Waals surface area (Å²) in [5.74, 6) is -0.473. The highest BCUT2D eigenvalue weighted by molar-refractivity contribution is 7.14. The number of aromatic nitrogens is 2. The number of carbonyl (C=O) groups excluding carboxylic acids is 1. The second-order valence-corrected chi connectivity index (χ2v) is 6.52. The van der Waals surface area contributed by atoms with E-state index in [4.69, 9.17) is 0 Å². The zero-order valence-electron chi connectivity index (χ0n) is 12.8. The zero-order chi connectivity index (χ0) is 16.5. The molecule has 0 saturated heterocycles. The molecule has 120 valence electrons. The van der Waals surface area contributed by atoms with Crippen LogP contribution in [0.3, 0.4) is 0 Å². The molecule has 2 aromatic heterocycles. The van der Waals surface area contributed by atoms with E-state index in [1.54, 1.807) is 23.8 Å². The summed E-state index contributed by atoms with van der Waals surface area (Å²) in [6.07, 6.45) is 6.41. The summed E-state index contributed by atoms with van der Waals surface area (Å²) in [7, 11) is 0. The second-order valence-electron chi connectivity index (χ2n) is 5.67. The van der Waals surface area contributed by atoms with Crippen molar-refractivity contribution >= 4 is 22.2 Å². The number of halogens is 1. The van der Waals surface area contributed by atoms with Gasteiger partial charge in [0.15, 0.2) is 0 Å². The lowest BCUT2D eigenvalue weighted by molar-refractivity contribution is 0.102. The number of pyridine rings is 1. The first-order valence-corrected chi connectivity index (χ1v) is 8.57. The van der Waals surface area contributed by atoms with Gasteiger partial charge in [0.25, 0.3) is 5.91 Å². The molecule has 0 atom stereocenters. The number of nitrogens with zero attached hydrogens (tertiary/aromatic N) is 2. The zero-order valence-corrected chi connectivity index (χ0v) is 13.6. The Bertz CT molecular complexity index is 905. The van der Waals surface area contributed by atoms with Crippen LogP contribution in [0.5, 0.6) is 0 Å². The van der Waals surface area contributed by atoms with E-state index < -0.39 is 0 Å². The molecule has 24 heavy (non-hydrogen) atoms. The van der Waals surface area contributed by atoms with Crippen molar-refractivity contribution in [2.75, 3.05) is 5.32 Å². The average Bonchev–Trinajstić information content (AvgIpc) is 3.24. The van der Waals surface area contributed by atoms with Crippen molar-refractivity contribution in [3.8, 4) is 11.3 Å². The van der Waals surface area contributed by atoms with Gasteiger partial charge in [0.2, 0.25) is 0 Å². The maximum atomic E-state index is 13.1. The van der Waals surface area contributed by atoms with Crippen LogP contribution in [0, 0.1) is 5.82 Å². The van der Waals surface area contributed by atoms with Crippen LogP contribution in [0.2, 0.25) is 0 Å². The minimum atomic E-state index is -0.300. The van der Waals surface area contributed by atoms with Gasteiger partial charge in [-0.3, -0.25) is 9.78 Å². The highest BCUT2D eigenvalue weighted by Crippen LogP contribution is 2.32. The third-order valence-corrected chi connectivity index (χ3v) is 4.92. The fourth-order valence-corrected chi connectivity index (χ4v) is 3.71. The lowest BCUT2D eigenvalue weighted by atomic mass is 10.1. The van der Waals surface area contributed by atoms with Crippen molar-refractivity contribution in [3.63, 3.8) is 0 Å². The topological polar surface area (TPSA) is 54.9 Å². The predicted octanol–water partition coefficient (Wildman–Crippen LogP) is 4.09. The molecule has 4 rings (SSSR count). The van der Waals surface area contributed by atoms with Crippen molar-refractivity contribution in [3.05, 3.63) is 64.7 Å². The number of aryl methyl sites for hydroxylation is 1. The molecule has 3 aromatic rings. The molecule has 1 aromatic carbocycles. The lowest BCUT2D eigenvalue weighted by Crippen LogP contribution is -2.14. The molecule has 0 bridgehead atoms. The van der Waals surface area contributed by atoms with Crippen LogP contribution < -0.4 is 5.32 Å². The first kappa shape index (κ1) is 15.0.